The topological polar surface area (TPSA) is 69.0 Å². The Morgan fingerprint density at radius 3 is 2.67 bits per heavy atom. The first-order valence-corrected chi connectivity index (χ1v) is 8.88. The number of hydrogen-bond acceptors (Lipinski definition) is 5. The fourth-order valence-corrected chi connectivity index (χ4v) is 3.88. The molecule has 7 nitrogen and oxygen atoms in total. The van der Waals surface area contributed by atoms with Crippen LogP contribution in [0.5, 0.6) is 11.5 Å². The average molecular weight is 387 g/mol. The molecule has 27 heavy (non-hydrogen) atoms. The lowest BCUT2D eigenvalue weighted by atomic mass is 9.79. The van der Waals surface area contributed by atoms with Crippen LogP contribution >= 0.6 is 11.6 Å². The lowest BCUT2D eigenvalue weighted by Gasteiger charge is -2.43. The van der Waals surface area contributed by atoms with Gasteiger partial charge in [-0.3, -0.25) is 4.79 Å². The van der Waals surface area contributed by atoms with E-state index in [4.69, 9.17) is 21.1 Å². The van der Waals surface area contributed by atoms with Crippen LogP contribution in [0, 0.1) is 0 Å². The molecule has 1 atom stereocenters. The number of amides is 1. The van der Waals surface area contributed by atoms with Crippen molar-refractivity contribution in [2.75, 3.05) is 20.8 Å². The van der Waals surface area contributed by atoms with Crippen molar-refractivity contribution in [1.82, 2.24) is 19.5 Å². The van der Waals surface area contributed by atoms with Crippen LogP contribution in [0.3, 0.4) is 0 Å². The number of hydrogen-bond donors (Lipinski definition) is 0. The maximum Gasteiger partial charge on any atom is 0.210 e. The quantitative estimate of drug-likeness (QED) is 0.645. The Balaban J connectivity index is 1.96. The molecule has 140 valence electrons. The van der Waals surface area contributed by atoms with Crippen molar-refractivity contribution >= 4 is 23.7 Å². The van der Waals surface area contributed by atoms with Gasteiger partial charge in [0, 0.05) is 18.8 Å². The third-order valence-corrected chi connectivity index (χ3v) is 5.43. The molecule has 1 amide bonds. The molecule has 1 unspecified atom stereocenters. The minimum absolute atomic E-state index is 0.491. The van der Waals surface area contributed by atoms with Crippen LogP contribution in [-0.2, 0) is 16.8 Å². The van der Waals surface area contributed by atoms with Gasteiger partial charge in [0.25, 0.3) is 0 Å². The molecule has 3 heterocycles. The number of fused-ring (bicyclic) bond motifs is 2. The smallest absolute Gasteiger partial charge is 0.210 e. The van der Waals surface area contributed by atoms with Crippen molar-refractivity contribution in [1.29, 1.82) is 0 Å². The van der Waals surface area contributed by atoms with E-state index in [0.29, 0.717) is 34.4 Å². The normalized spacial score (nSPS) is 19.0. The number of aromatic nitrogens is 3. The van der Waals surface area contributed by atoms with Gasteiger partial charge in [0.1, 0.15) is 5.54 Å². The van der Waals surface area contributed by atoms with E-state index < -0.39 is 5.54 Å². The zero-order valence-corrected chi connectivity index (χ0v) is 16.0. The Labute approximate surface area is 161 Å². The zero-order valence-electron chi connectivity index (χ0n) is 15.3. The Morgan fingerprint density at radius 2 is 1.96 bits per heavy atom. The van der Waals surface area contributed by atoms with Crippen molar-refractivity contribution in [3.63, 3.8) is 0 Å². The Hall–Kier alpha value is -2.80. The van der Waals surface area contributed by atoms with Gasteiger partial charge in [0.15, 0.2) is 17.1 Å². The summed E-state index contributed by atoms with van der Waals surface area (Å²) < 4.78 is 12.6. The zero-order chi connectivity index (χ0) is 19.2. The second kappa shape index (κ2) is 6.42. The van der Waals surface area contributed by atoms with Gasteiger partial charge in [0.05, 0.1) is 31.1 Å². The largest absolute Gasteiger partial charge is 0.493 e. The molecule has 1 aliphatic rings. The molecule has 4 rings (SSSR count). The van der Waals surface area contributed by atoms with E-state index in [1.54, 1.807) is 36.0 Å². The fourth-order valence-electron chi connectivity index (χ4n) is 3.74. The van der Waals surface area contributed by atoms with E-state index in [9.17, 15) is 4.79 Å². The number of carbonyl (C=O) groups excluding carboxylic acids is 1. The second-order valence-electron chi connectivity index (χ2n) is 6.59. The third-order valence-electron chi connectivity index (χ3n) is 5.24. The average Bonchev–Trinajstić information content (AvgIpc) is 3.11. The summed E-state index contributed by atoms with van der Waals surface area (Å²) in [5.74, 6) is 1.28. The molecule has 1 aromatic carbocycles. The van der Waals surface area contributed by atoms with Gasteiger partial charge < -0.3 is 14.4 Å². The summed E-state index contributed by atoms with van der Waals surface area (Å²) in [6, 6.07) is 5.77. The van der Waals surface area contributed by atoms with Crippen molar-refractivity contribution in [3.05, 3.63) is 52.4 Å². The molecule has 0 radical (unpaired) electrons. The first kappa shape index (κ1) is 17.6. The van der Waals surface area contributed by atoms with Crippen LogP contribution in [0.2, 0.25) is 5.02 Å². The van der Waals surface area contributed by atoms with Crippen LogP contribution in [0.25, 0.3) is 5.65 Å². The van der Waals surface area contributed by atoms with Crippen LogP contribution in [0.4, 0.5) is 0 Å². The molecule has 0 spiro atoms. The molecule has 0 N–H and O–H groups in total. The number of rotatable bonds is 4. The lowest BCUT2D eigenvalue weighted by Crippen LogP contribution is -2.49. The maximum atomic E-state index is 11.9. The molecule has 0 bridgehead atoms. The third kappa shape index (κ3) is 2.61. The minimum Gasteiger partial charge on any atom is -0.493 e. The van der Waals surface area contributed by atoms with Crippen molar-refractivity contribution in [2.45, 2.75) is 18.9 Å². The number of methoxy groups -OCH3 is 2. The van der Waals surface area contributed by atoms with Crippen molar-refractivity contribution in [3.8, 4) is 11.5 Å². The highest BCUT2D eigenvalue weighted by Gasteiger charge is 2.42. The molecular formula is C19H19ClN4O3. The van der Waals surface area contributed by atoms with Gasteiger partial charge in [0.2, 0.25) is 6.41 Å². The molecule has 0 fully saturated rings. The number of nitrogens with zero attached hydrogens (tertiary/aromatic N) is 4. The molecule has 1 aliphatic heterocycles. The number of ether oxygens (including phenoxy) is 2. The van der Waals surface area contributed by atoms with E-state index in [1.807, 2.05) is 25.1 Å². The van der Waals surface area contributed by atoms with Crippen LogP contribution < -0.4 is 9.47 Å². The number of halogens is 1. The SMILES string of the molecule is COc1cc2c(cc1OC)C(C)(c1cc3ncc(Cl)cn3n1)N(C=O)CC2. The Bertz CT molecular complexity index is 1040. The molecule has 2 aromatic heterocycles. The summed E-state index contributed by atoms with van der Waals surface area (Å²) >= 11 is 6.04. The predicted octanol–water partition coefficient (Wildman–Crippen LogP) is 2.68. The van der Waals surface area contributed by atoms with Crippen molar-refractivity contribution in [2.24, 2.45) is 0 Å². The summed E-state index contributed by atoms with van der Waals surface area (Å²) in [6.45, 7) is 2.55. The molecule has 0 saturated heterocycles. The molecule has 8 heteroatoms. The van der Waals surface area contributed by atoms with Gasteiger partial charge >= 0.3 is 0 Å². The van der Waals surface area contributed by atoms with Gasteiger partial charge in [-0.1, -0.05) is 11.6 Å². The van der Waals surface area contributed by atoms with E-state index in [0.717, 1.165) is 24.0 Å². The van der Waals surface area contributed by atoms with E-state index in [2.05, 4.69) is 10.1 Å². The minimum atomic E-state index is -0.769. The van der Waals surface area contributed by atoms with Crippen molar-refractivity contribution < 1.29 is 14.3 Å². The number of benzene rings is 1. The summed E-state index contributed by atoms with van der Waals surface area (Å²) in [5, 5.41) is 5.15. The van der Waals surface area contributed by atoms with Gasteiger partial charge in [-0.2, -0.15) is 5.10 Å². The first-order chi connectivity index (χ1) is 13.0. The summed E-state index contributed by atoms with van der Waals surface area (Å²) in [6.07, 6.45) is 4.86. The van der Waals surface area contributed by atoms with Crippen LogP contribution in [-0.4, -0.2) is 46.7 Å². The summed E-state index contributed by atoms with van der Waals surface area (Å²) in [4.78, 5) is 18.0. The Kier molecular flexibility index (Phi) is 4.19. The van der Waals surface area contributed by atoms with E-state index in [1.165, 1.54) is 0 Å². The van der Waals surface area contributed by atoms with Gasteiger partial charge in [-0.25, -0.2) is 9.50 Å². The standard InChI is InChI=1S/C19H19ClN4O3/c1-19(17-8-18-21-9-13(20)10-24(18)22-17)14-7-16(27-3)15(26-2)6-12(14)4-5-23(19)11-25/h6-11H,4-5H2,1-3H3. The van der Waals surface area contributed by atoms with Crippen LogP contribution in [0.1, 0.15) is 23.7 Å². The van der Waals surface area contributed by atoms with E-state index in [-0.39, 0.29) is 0 Å². The summed E-state index contributed by atoms with van der Waals surface area (Å²) in [5.41, 5.74) is 2.64. The second-order valence-corrected chi connectivity index (χ2v) is 7.03. The molecule has 0 saturated carbocycles. The van der Waals surface area contributed by atoms with E-state index >= 15 is 0 Å². The lowest BCUT2D eigenvalue weighted by molar-refractivity contribution is -0.123. The fraction of sp³-hybridized carbons (Fsp3) is 0.316. The maximum absolute atomic E-state index is 11.9. The monoisotopic (exact) mass is 386 g/mol. The highest BCUT2D eigenvalue weighted by molar-refractivity contribution is 6.30. The molecule has 3 aromatic rings. The molecule has 0 aliphatic carbocycles. The highest BCUT2D eigenvalue weighted by atomic mass is 35.5. The first-order valence-electron chi connectivity index (χ1n) is 8.50. The molecular weight excluding hydrogens is 368 g/mol. The highest BCUT2D eigenvalue weighted by Crippen LogP contribution is 2.44. The predicted molar refractivity (Wildman–Crippen MR) is 100 cm³/mol. The summed E-state index contributed by atoms with van der Waals surface area (Å²) in [7, 11) is 3.21. The Morgan fingerprint density at radius 1 is 1.22 bits per heavy atom. The van der Waals surface area contributed by atoms with Gasteiger partial charge in [-0.05, 0) is 36.6 Å². The number of carbonyl (C=O) groups is 1. The van der Waals surface area contributed by atoms with Crippen LogP contribution in [0.15, 0.2) is 30.6 Å². The van der Waals surface area contributed by atoms with Gasteiger partial charge in [-0.15, -0.1) is 0 Å².